The molecule has 0 unspecified atom stereocenters. The average Bonchev–Trinajstić information content (AvgIpc) is 2.90. The Balaban J connectivity index is 1.79. The molecule has 11 nitrogen and oxygen atoms in total. The highest BCUT2D eigenvalue weighted by atomic mass is 16.5. The van der Waals surface area contributed by atoms with Gasteiger partial charge in [0.05, 0.1) is 17.8 Å². The predicted molar refractivity (Wildman–Crippen MR) is 140 cm³/mol. The number of fused-ring (bicyclic) bond motifs is 1. The summed E-state index contributed by atoms with van der Waals surface area (Å²) in [6, 6.07) is 5.04. The zero-order valence-corrected chi connectivity index (χ0v) is 22.1. The second-order valence-corrected chi connectivity index (χ2v) is 9.66. The SMILES string of the molecule is CC(C)C[C@@H]1NC(=O)CC[C@@H](C(=O)NCCc2cnccn2)NC(=O)c2ccccc2OCCN(C)C1=O. The van der Waals surface area contributed by atoms with Crippen molar-refractivity contribution in [3.8, 4) is 5.75 Å². The number of ether oxygens (including phenoxy) is 1. The number of carbonyl (C=O) groups excluding carboxylic acids is 4. The highest BCUT2D eigenvalue weighted by molar-refractivity contribution is 5.99. The Bertz CT molecular complexity index is 1110. The van der Waals surface area contributed by atoms with Gasteiger partial charge in [0.15, 0.2) is 0 Å². The van der Waals surface area contributed by atoms with Gasteiger partial charge in [0.2, 0.25) is 17.7 Å². The second kappa shape index (κ2) is 14.1. The minimum atomic E-state index is -0.977. The number of likely N-dealkylation sites (N-methyl/N-ethyl adjacent to an activating group) is 1. The summed E-state index contributed by atoms with van der Waals surface area (Å²) in [5.41, 5.74) is 0.978. The van der Waals surface area contributed by atoms with E-state index in [9.17, 15) is 19.2 Å². The van der Waals surface area contributed by atoms with E-state index in [0.717, 1.165) is 5.69 Å². The van der Waals surface area contributed by atoms with Crippen molar-refractivity contribution in [2.45, 2.75) is 51.6 Å². The van der Waals surface area contributed by atoms with E-state index < -0.39 is 23.9 Å². The van der Waals surface area contributed by atoms with Gasteiger partial charge in [-0.25, -0.2) is 0 Å². The Morgan fingerprint density at radius 2 is 1.97 bits per heavy atom. The van der Waals surface area contributed by atoms with Gasteiger partial charge in [-0.15, -0.1) is 0 Å². The number of rotatable bonds is 6. The molecule has 2 heterocycles. The Morgan fingerprint density at radius 1 is 1.18 bits per heavy atom. The first-order valence-corrected chi connectivity index (χ1v) is 12.8. The summed E-state index contributed by atoms with van der Waals surface area (Å²) in [4.78, 5) is 61.9. The van der Waals surface area contributed by atoms with Crippen LogP contribution in [0.4, 0.5) is 0 Å². The summed E-state index contributed by atoms with van der Waals surface area (Å²) < 4.78 is 5.84. The fraction of sp³-hybridized carbons (Fsp3) is 0.481. The third kappa shape index (κ3) is 8.53. The lowest BCUT2D eigenvalue weighted by atomic mass is 10.0. The maximum Gasteiger partial charge on any atom is 0.255 e. The number of hydrogen-bond acceptors (Lipinski definition) is 7. The molecule has 2 aromatic rings. The van der Waals surface area contributed by atoms with Crippen molar-refractivity contribution >= 4 is 23.6 Å². The Kier molecular flexibility index (Phi) is 10.6. The molecule has 1 aromatic heterocycles. The second-order valence-electron chi connectivity index (χ2n) is 9.66. The minimum absolute atomic E-state index is 0.0493. The van der Waals surface area contributed by atoms with E-state index in [-0.39, 0.29) is 55.8 Å². The minimum Gasteiger partial charge on any atom is -0.491 e. The Hall–Kier alpha value is -4.02. The van der Waals surface area contributed by atoms with E-state index in [1.807, 2.05) is 13.8 Å². The molecule has 1 aliphatic rings. The van der Waals surface area contributed by atoms with Gasteiger partial charge >= 0.3 is 0 Å². The lowest BCUT2D eigenvalue weighted by Gasteiger charge is -2.26. The van der Waals surface area contributed by atoms with Crippen molar-refractivity contribution in [2.75, 3.05) is 26.7 Å². The van der Waals surface area contributed by atoms with Crippen molar-refractivity contribution in [1.29, 1.82) is 0 Å². The number of carbonyl (C=O) groups is 4. The van der Waals surface area contributed by atoms with Crippen LogP contribution in [0, 0.1) is 5.92 Å². The summed E-state index contributed by atoms with van der Waals surface area (Å²) in [6.07, 6.45) is 5.70. The number of nitrogens with zero attached hydrogens (tertiary/aromatic N) is 3. The van der Waals surface area contributed by atoms with Crippen LogP contribution in [0.3, 0.4) is 0 Å². The maximum absolute atomic E-state index is 13.2. The molecule has 4 amide bonds. The zero-order valence-electron chi connectivity index (χ0n) is 22.1. The molecule has 0 saturated heterocycles. The van der Waals surface area contributed by atoms with Crippen LogP contribution in [0.15, 0.2) is 42.9 Å². The molecule has 0 bridgehead atoms. The van der Waals surface area contributed by atoms with Crippen LogP contribution >= 0.6 is 0 Å². The van der Waals surface area contributed by atoms with Gasteiger partial charge in [0, 0.05) is 45.0 Å². The number of benzene rings is 1. The van der Waals surface area contributed by atoms with Gasteiger partial charge in [-0.2, -0.15) is 0 Å². The molecule has 0 radical (unpaired) electrons. The van der Waals surface area contributed by atoms with Gasteiger partial charge in [0.25, 0.3) is 5.91 Å². The molecule has 204 valence electrons. The van der Waals surface area contributed by atoms with Crippen LogP contribution in [-0.2, 0) is 20.8 Å². The standard InChI is InChI=1S/C27H36N6O5/c1-18(2)16-22-27(37)33(3)14-15-38-23-7-5-4-6-20(23)25(35)32-21(8-9-24(34)31-22)26(36)30-11-10-19-17-28-12-13-29-19/h4-7,12-13,17-18,21-22H,8-11,14-16H2,1-3H3,(H,30,36)(H,31,34)(H,32,35)/t21-,22-/m0/s1. The first-order valence-electron chi connectivity index (χ1n) is 12.8. The van der Waals surface area contributed by atoms with E-state index in [2.05, 4.69) is 25.9 Å². The lowest BCUT2D eigenvalue weighted by Crippen LogP contribution is -2.50. The first kappa shape index (κ1) is 28.5. The third-order valence-electron chi connectivity index (χ3n) is 6.11. The molecule has 2 atom stereocenters. The van der Waals surface area contributed by atoms with E-state index >= 15 is 0 Å². The van der Waals surface area contributed by atoms with Crippen LogP contribution in [0.5, 0.6) is 5.75 Å². The molecule has 38 heavy (non-hydrogen) atoms. The molecule has 0 aliphatic carbocycles. The van der Waals surface area contributed by atoms with Crippen molar-refractivity contribution < 1.29 is 23.9 Å². The quantitative estimate of drug-likeness (QED) is 0.513. The lowest BCUT2D eigenvalue weighted by molar-refractivity contribution is -0.136. The molecule has 11 heteroatoms. The monoisotopic (exact) mass is 524 g/mol. The third-order valence-corrected chi connectivity index (χ3v) is 6.11. The molecule has 1 aromatic carbocycles. The summed E-state index contributed by atoms with van der Waals surface area (Å²) >= 11 is 0. The number of hydrogen-bond donors (Lipinski definition) is 3. The summed E-state index contributed by atoms with van der Waals surface area (Å²) in [5, 5.41) is 8.38. The molecule has 0 saturated carbocycles. The topological polar surface area (TPSA) is 143 Å². The molecule has 1 aliphatic heterocycles. The fourth-order valence-electron chi connectivity index (χ4n) is 4.08. The van der Waals surface area contributed by atoms with Crippen molar-refractivity contribution in [3.05, 3.63) is 54.1 Å². The summed E-state index contributed by atoms with van der Waals surface area (Å²) in [5.74, 6) is -0.980. The van der Waals surface area contributed by atoms with Crippen molar-refractivity contribution in [3.63, 3.8) is 0 Å². The predicted octanol–water partition coefficient (Wildman–Crippen LogP) is 1.10. The molecule has 0 spiro atoms. The highest BCUT2D eigenvalue weighted by Crippen LogP contribution is 2.19. The van der Waals surface area contributed by atoms with E-state index in [4.69, 9.17) is 4.74 Å². The smallest absolute Gasteiger partial charge is 0.255 e. The Labute approximate surface area is 222 Å². The zero-order chi connectivity index (χ0) is 27.5. The van der Waals surface area contributed by atoms with Crippen LogP contribution in [0.1, 0.15) is 49.2 Å². The van der Waals surface area contributed by atoms with Crippen molar-refractivity contribution in [1.82, 2.24) is 30.8 Å². The van der Waals surface area contributed by atoms with E-state index in [1.165, 1.54) is 4.90 Å². The van der Waals surface area contributed by atoms with Gasteiger partial charge < -0.3 is 25.6 Å². The number of nitrogens with one attached hydrogen (secondary N) is 3. The number of aromatic nitrogens is 2. The largest absolute Gasteiger partial charge is 0.491 e. The maximum atomic E-state index is 13.2. The van der Waals surface area contributed by atoms with Gasteiger partial charge in [-0.1, -0.05) is 26.0 Å². The van der Waals surface area contributed by atoms with Gasteiger partial charge in [-0.05, 0) is 30.9 Å². The summed E-state index contributed by atoms with van der Waals surface area (Å²) in [7, 11) is 1.66. The molecule has 0 fully saturated rings. The Morgan fingerprint density at radius 3 is 2.71 bits per heavy atom. The van der Waals surface area contributed by atoms with Crippen molar-refractivity contribution in [2.24, 2.45) is 5.92 Å². The first-order chi connectivity index (χ1) is 18.2. The average molecular weight is 525 g/mol. The molecular weight excluding hydrogens is 488 g/mol. The van der Waals surface area contributed by atoms with Crippen LogP contribution in [0.2, 0.25) is 0 Å². The molecular formula is C27H36N6O5. The fourth-order valence-corrected chi connectivity index (χ4v) is 4.08. The van der Waals surface area contributed by atoms with E-state index in [1.54, 1.807) is 49.9 Å². The summed E-state index contributed by atoms with van der Waals surface area (Å²) in [6.45, 7) is 4.67. The van der Waals surface area contributed by atoms with E-state index in [0.29, 0.717) is 18.6 Å². The molecule has 3 N–H and O–H groups in total. The highest BCUT2D eigenvalue weighted by Gasteiger charge is 2.28. The van der Waals surface area contributed by atoms with Crippen LogP contribution in [0.25, 0.3) is 0 Å². The molecule has 3 rings (SSSR count). The van der Waals surface area contributed by atoms with Gasteiger partial charge in [-0.3, -0.25) is 29.1 Å². The van der Waals surface area contributed by atoms with Crippen LogP contribution < -0.4 is 20.7 Å². The number of amides is 4. The van der Waals surface area contributed by atoms with Crippen LogP contribution in [-0.4, -0.2) is 77.3 Å². The van der Waals surface area contributed by atoms with Gasteiger partial charge in [0.1, 0.15) is 24.4 Å². The number of para-hydroxylation sites is 1. The normalized spacial score (nSPS) is 19.4.